The maximum atomic E-state index is 12.8. The van der Waals surface area contributed by atoms with Gasteiger partial charge in [-0.05, 0) is 30.0 Å². The Bertz CT molecular complexity index is 1380. The molecule has 1 aliphatic carbocycles. The molecule has 0 radical (unpaired) electrons. The number of aromatic nitrogens is 5. The van der Waals surface area contributed by atoms with Gasteiger partial charge in [0.1, 0.15) is 5.65 Å². The van der Waals surface area contributed by atoms with Gasteiger partial charge in [0.05, 0.1) is 17.3 Å². The molecule has 9 nitrogen and oxygen atoms in total. The highest BCUT2D eigenvalue weighted by atomic mass is 16.2. The summed E-state index contributed by atoms with van der Waals surface area (Å²) in [7, 11) is 0. The highest BCUT2D eigenvalue weighted by molar-refractivity contribution is 5.96. The molecular weight excluding hydrogens is 396 g/mol. The van der Waals surface area contributed by atoms with Crippen LogP contribution in [0.3, 0.4) is 0 Å². The van der Waals surface area contributed by atoms with Gasteiger partial charge in [0.25, 0.3) is 11.5 Å². The van der Waals surface area contributed by atoms with Crippen molar-refractivity contribution in [3.8, 4) is 0 Å². The van der Waals surface area contributed by atoms with Gasteiger partial charge in [-0.25, -0.2) is 14.8 Å². The number of aromatic amines is 1. The molecule has 4 aromatic rings. The molecule has 0 aliphatic heterocycles. The number of rotatable bonds is 6. The molecular formula is C22H20N6O3. The van der Waals surface area contributed by atoms with Crippen LogP contribution < -0.4 is 16.6 Å². The lowest BCUT2D eigenvalue weighted by atomic mass is 10.1. The van der Waals surface area contributed by atoms with Crippen molar-refractivity contribution >= 4 is 16.9 Å². The van der Waals surface area contributed by atoms with Crippen LogP contribution in [-0.4, -0.2) is 30.0 Å². The standard InChI is InChI=1S/C22H20N6O3/c29-20(25-10-14-3-1-2-4-15(14)12-27-8-7-23-13-27)16-9-18-19(24-11-16)28(17-5-6-17)22(31)26-21(18)30/h1-4,7-9,11,13,17H,5-6,10,12H2,(H,25,29)(H,26,30,31). The molecule has 0 atom stereocenters. The van der Waals surface area contributed by atoms with Gasteiger partial charge in [-0.2, -0.15) is 0 Å². The Labute approximate surface area is 176 Å². The first-order chi connectivity index (χ1) is 15.1. The summed E-state index contributed by atoms with van der Waals surface area (Å²) >= 11 is 0. The zero-order valence-corrected chi connectivity index (χ0v) is 16.6. The molecule has 1 amide bonds. The summed E-state index contributed by atoms with van der Waals surface area (Å²) in [5, 5.41) is 3.13. The van der Waals surface area contributed by atoms with Crippen LogP contribution in [0.5, 0.6) is 0 Å². The number of imidazole rings is 1. The molecule has 5 rings (SSSR count). The average Bonchev–Trinajstić information content (AvgIpc) is 3.47. The van der Waals surface area contributed by atoms with Gasteiger partial charge in [0, 0.05) is 37.7 Å². The minimum absolute atomic E-state index is 0.0611. The fraction of sp³-hybridized carbons (Fsp3) is 0.227. The molecule has 1 aromatic carbocycles. The number of nitrogens with zero attached hydrogens (tertiary/aromatic N) is 4. The van der Waals surface area contributed by atoms with Gasteiger partial charge in [-0.3, -0.25) is 19.1 Å². The van der Waals surface area contributed by atoms with E-state index in [1.807, 2.05) is 35.0 Å². The predicted molar refractivity (Wildman–Crippen MR) is 114 cm³/mol. The molecule has 0 bridgehead atoms. The Hall–Kier alpha value is -4.01. The van der Waals surface area contributed by atoms with Crippen LogP contribution in [-0.2, 0) is 13.1 Å². The summed E-state index contributed by atoms with van der Waals surface area (Å²) in [6.45, 7) is 0.983. The van der Waals surface area contributed by atoms with Crippen molar-refractivity contribution < 1.29 is 4.79 Å². The largest absolute Gasteiger partial charge is 0.348 e. The van der Waals surface area contributed by atoms with Crippen LogP contribution in [0.15, 0.2) is 64.8 Å². The number of amides is 1. The maximum Gasteiger partial charge on any atom is 0.330 e. The summed E-state index contributed by atoms with van der Waals surface area (Å²) in [4.78, 5) is 47.9. The molecule has 0 saturated heterocycles. The third-order valence-corrected chi connectivity index (χ3v) is 5.42. The minimum atomic E-state index is -0.537. The lowest BCUT2D eigenvalue weighted by molar-refractivity contribution is 0.0950. The smallest absolute Gasteiger partial charge is 0.330 e. The van der Waals surface area contributed by atoms with E-state index in [9.17, 15) is 14.4 Å². The van der Waals surface area contributed by atoms with Crippen molar-refractivity contribution in [2.75, 3.05) is 0 Å². The molecule has 9 heteroatoms. The maximum absolute atomic E-state index is 12.8. The van der Waals surface area contributed by atoms with Crippen LogP contribution in [0.2, 0.25) is 0 Å². The third kappa shape index (κ3) is 3.77. The van der Waals surface area contributed by atoms with E-state index in [-0.39, 0.29) is 22.9 Å². The molecule has 1 aliphatic rings. The number of nitrogens with one attached hydrogen (secondary N) is 2. The number of hydrogen-bond acceptors (Lipinski definition) is 5. The predicted octanol–water partition coefficient (Wildman–Crippen LogP) is 1.59. The van der Waals surface area contributed by atoms with Crippen LogP contribution in [0, 0.1) is 0 Å². The Kier molecular flexibility index (Phi) is 4.70. The number of pyridine rings is 1. The monoisotopic (exact) mass is 416 g/mol. The minimum Gasteiger partial charge on any atom is -0.348 e. The Morgan fingerprint density at radius 2 is 2.00 bits per heavy atom. The number of H-pyrrole nitrogens is 1. The van der Waals surface area contributed by atoms with Crippen molar-refractivity contribution in [2.45, 2.75) is 32.0 Å². The second-order valence-electron chi connectivity index (χ2n) is 7.64. The van der Waals surface area contributed by atoms with Gasteiger partial charge in [0.15, 0.2) is 0 Å². The molecule has 3 heterocycles. The van der Waals surface area contributed by atoms with Crippen LogP contribution in [0.25, 0.3) is 11.0 Å². The number of hydrogen-bond donors (Lipinski definition) is 2. The van der Waals surface area contributed by atoms with Crippen LogP contribution in [0.4, 0.5) is 0 Å². The van der Waals surface area contributed by atoms with Crippen molar-refractivity contribution in [1.29, 1.82) is 0 Å². The van der Waals surface area contributed by atoms with E-state index in [1.54, 1.807) is 12.5 Å². The van der Waals surface area contributed by atoms with E-state index in [0.717, 1.165) is 24.0 Å². The SMILES string of the molecule is O=C(NCc1ccccc1Cn1ccnc1)c1cnc2c(c1)c(=O)[nH]c(=O)n2C1CC1. The first kappa shape index (κ1) is 19.0. The molecule has 1 saturated carbocycles. The van der Waals surface area contributed by atoms with Gasteiger partial charge in [-0.15, -0.1) is 0 Å². The van der Waals surface area contributed by atoms with Crippen molar-refractivity contribution in [3.05, 3.63) is 92.8 Å². The van der Waals surface area contributed by atoms with Gasteiger partial charge in [0.2, 0.25) is 0 Å². The summed E-state index contributed by atoms with van der Waals surface area (Å²) in [5.74, 6) is -0.338. The van der Waals surface area contributed by atoms with Crippen LogP contribution in [0.1, 0.15) is 40.4 Å². The number of fused-ring (bicyclic) bond motifs is 1. The topological polar surface area (TPSA) is 115 Å². The highest BCUT2D eigenvalue weighted by Gasteiger charge is 2.27. The van der Waals surface area contributed by atoms with E-state index < -0.39 is 11.2 Å². The zero-order chi connectivity index (χ0) is 21.4. The van der Waals surface area contributed by atoms with E-state index in [4.69, 9.17) is 0 Å². The van der Waals surface area contributed by atoms with E-state index in [0.29, 0.717) is 18.7 Å². The quantitative estimate of drug-likeness (QED) is 0.495. The average molecular weight is 416 g/mol. The van der Waals surface area contributed by atoms with Crippen molar-refractivity contribution in [1.82, 2.24) is 29.4 Å². The van der Waals surface area contributed by atoms with Crippen molar-refractivity contribution in [2.24, 2.45) is 0 Å². The molecule has 31 heavy (non-hydrogen) atoms. The van der Waals surface area contributed by atoms with E-state index in [2.05, 4.69) is 20.3 Å². The Morgan fingerprint density at radius 3 is 2.74 bits per heavy atom. The van der Waals surface area contributed by atoms with Crippen LogP contribution >= 0.6 is 0 Å². The molecule has 0 spiro atoms. The Balaban J connectivity index is 1.38. The van der Waals surface area contributed by atoms with Gasteiger partial charge < -0.3 is 9.88 Å². The summed E-state index contributed by atoms with van der Waals surface area (Å²) in [6.07, 6.45) is 8.52. The van der Waals surface area contributed by atoms with Gasteiger partial charge >= 0.3 is 5.69 Å². The number of benzene rings is 1. The molecule has 2 N–H and O–H groups in total. The first-order valence-corrected chi connectivity index (χ1v) is 10.1. The molecule has 0 unspecified atom stereocenters. The zero-order valence-electron chi connectivity index (χ0n) is 16.6. The normalized spacial score (nSPS) is 13.4. The molecule has 156 valence electrons. The number of carbonyl (C=O) groups is 1. The second kappa shape index (κ2) is 7.67. The first-order valence-electron chi connectivity index (χ1n) is 10.1. The summed E-state index contributed by atoms with van der Waals surface area (Å²) < 4.78 is 3.46. The van der Waals surface area contributed by atoms with E-state index in [1.165, 1.54) is 16.8 Å². The third-order valence-electron chi connectivity index (χ3n) is 5.42. The molecule has 3 aromatic heterocycles. The summed E-state index contributed by atoms with van der Waals surface area (Å²) in [6, 6.07) is 9.40. The fourth-order valence-corrected chi connectivity index (χ4v) is 3.67. The Morgan fingerprint density at radius 1 is 1.19 bits per heavy atom. The lowest BCUT2D eigenvalue weighted by Crippen LogP contribution is -2.31. The highest BCUT2D eigenvalue weighted by Crippen LogP contribution is 2.34. The lowest BCUT2D eigenvalue weighted by Gasteiger charge is -2.12. The summed E-state index contributed by atoms with van der Waals surface area (Å²) in [5.41, 5.74) is 1.65. The number of carbonyl (C=O) groups excluding carboxylic acids is 1. The molecule has 1 fully saturated rings. The van der Waals surface area contributed by atoms with E-state index >= 15 is 0 Å². The van der Waals surface area contributed by atoms with Crippen molar-refractivity contribution in [3.63, 3.8) is 0 Å². The second-order valence-corrected chi connectivity index (χ2v) is 7.64. The fourth-order valence-electron chi connectivity index (χ4n) is 3.67. The van der Waals surface area contributed by atoms with Gasteiger partial charge in [-0.1, -0.05) is 24.3 Å².